The topological polar surface area (TPSA) is 100 Å². The first-order valence-electron chi connectivity index (χ1n) is 9.70. The fourth-order valence-electron chi connectivity index (χ4n) is 3.42. The molecule has 0 saturated carbocycles. The number of hydrogen-bond donors (Lipinski definition) is 1. The van der Waals surface area contributed by atoms with Gasteiger partial charge in [-0.2, -0.15) is 8.78 Å². The molecule has 2 aliphatic rings. The van der Waals surface area contributed by atoms with Crippen LogP contribution in [0.15, 0.2) is 34.0 Å². The molecule has 33 heavy (non-hydrogen) atoms. The molecule has 0 aliphatic carbocycles. The molecule has 0 unspecified atom stereocenters. The van der Waals surface area contributed by atoms with Crippen LogP contribution in [0.1, 0.15) is 36.5 Å². The van der Waals surface area contributed by atoms with Gasteiger partial charge in [0.25, 0.3) is 5.79 Å². The molecule has 2 aliphatic heterocycles. The van der Waals surface area contributed by atoms with E-state index in [1.54, 1.807) is 6.92 Å². The smallest absolute Gasteiger partial charge is 0.387 e. The van der Waals surface area contributed by atoms with Crippen molar-refractivity contribution in [3.63, 3.8) is 0 Å². The minimum Gasteiger partial charge on any atom is -0.447 e. The molecule has 0 atom stereocenters. The van der Waals surface area contributed by atoms with E-state index >= 15 is 0 Å². The number of ketones is 1. The summed E-state index contributed by atoms with van der Waals surface area (Å²) in [4.78, 5) is 17.9. The summed E-state index contributed by atoms with van der Waals surface area (Å²) in [6.45, 7) is -1.60. The SMILES string of the molecule is CON/C=C(Cl)\C(CC(=O)c1ccc(OC(F)F)c2c1OC1(CCS(=O)(=O)CC1)O2)=C(/C)Cl. The highest BCUT2D eigenvalue weighted by atomic mass is 35.5. The number of sulfone groups is 1. The van der Waals surface area contributed by atoms with Gasteiger partial charge in [0, 0.05) is 30.5 Å². The number of ether oxygens (including phenoxy) is 3. The van der Waals surface area contributed by atoms with Crippen LogP contribution in [0.2, 0.25) is 0 Å². The molecule has 2 heterocycles. The lowest BCUT2D eigenvalue weighted by Crippen LogP contribution is -2.46. The van der Waals surface area contributed by atoms with E-state index in [1.807, 2.05) is 0 Å². The summed E-state index contributed by atoms with van der Waals surface area (Å²) in [6.07, 6.45) is 0.989. The lowest BCUT2D eigenvalue weighted by molar-refractivity contribution is -0.0903. The van der Waals surface area contributed by atoms with Gasteiger partial charge in [-0.3, -0.25) is 15.1 Å². The molecule has 3 rings (SSSR count). The minimum atomic E-state index is -3.27. The zero-order valence-electron chi connectivity index (χ0n) is 17.6. The molecule has 0 radical (unpaired) electrons. The van der Waals surface area contributed by atoms with Crippen LogP contribution in [0.3, 0.4) is 0 Å². The van der Waals surface area contributed by atoms with Crippen molar-refractivity contribution in [1.82, 2.24) is 5.48 Å². The molecule has 1 aromatic rings. The molecular formula is C20H21Cl2F2NO7S. The molecule has 8 nitrogen and oxygen atoms in total. The van der Waals surface area contributed by atoms with Crippen LogP contribution in [0.5, 0.6) is 17.2 Å². The molecule has 1 aromatic carbocycles. The third-order valence-electron chi connectivity index (χ3n) is 5.10. The summed E-state index contributed by atoms with van der Waals surface area (Å²) in [6, 6.07) is 2.44. The molecule has 1 spiro atoms. The van der Waals surface area contributed by atoms with Crippen molar-refractivity contribution in [1.29, 1.82) is 0 Å². The largest absolute Gasteiger partial charge is 0.447 e. The second-order valence-corrected chi connectivity index (χ2v) is 10.6. The van der Waals surface area contributed by atoms with E-state index in [1.165, 1.54) is 25.4 Å². The van der Waals surface area contributed by atoms with E-state index in [4.69, 9.17) is 37.5 Å². The predicted molar refractivity (Wildman–Crippen MR) is 117 cm³/mol. The van der Waals surface area contributed by atoms with Crippen LogP contribution in [0, 0.1) is 0 Å². The Morgan fingerprint density at radius 2 is 1.88 bits per heavy atom. The highest BCUT2D eigenvalue weighted by Crippen LogP contribution is 2.51. The number of rotatable bonds is 8. The monoisotopic (exact) mass is 527 g/mol. The van der Waals surface area contributed by atoms with Crippen LogP contribution in [-0.4, -0.2) is 45.2 Å². The molecule has 13 heteroatoms. The number of Topliss-reactive ketones (excluding diaryl/α,β-unsaturated/α-hetero) is 1. The van der Waals surface area contributed by atoms with E-state index in [-0.39, 0.29) is 63.6 Å². The van der Waals surface area contributed by atoms with Crippen LogP contribution < -0.4 is 19.7 Å². The number of carbonyl (C=O) groups is 1. The van der Waals surface area contributed by atoms with Crippen LogP contribution in [0.25, 0.3) is 0 Å². The third-order valence-corrected chi connectivity index (χ3v) is 7.32. The van der Waals surface area contributed by atoms with Gasteiger partial charge in [-0.15, -0.1) is 0 Å². The molecule has 1 saturated heterocycles. The van der Waals surface area contributed by atoms with Crippen LogP contribution in [0.4, 0.5) is 8.78 Å². The minimum absolute atomic E-state index is 0.0245. The summed E-state index contributed by atoms with van der Waals surface area (Å²) in [5.41, 5.74) is 2.75. The fraction of sp³-hybridized carbons (Fsp3) is 0.450. The average Bonchev–Trinajstić information content (AvgIpc) is 3.12. The fourth-order valence-corrected chi connectivity index (χ4v) is 5.34. The van der Waals surface area contributed by atoms with Crippen molar-refractivity contribution >= 4 is 38.8 Å². The maximum absolute atomic E-state index is 13.2. The van der Waals surface area contributed by atoms with Crippen molar-refractivity contribution in [3.8, 4) is 17.2 Å². The van der Waals surface area contributed by atoms with Gasteiger partial charge < -0.3 is 14.2 Å². The number of fused-ring (bicyclic) bond motifs is 1. The Morgan fingerprint density at radius 1 is 1.24 bits per heavy atom. The quantitative estimate of drug-likeness (QED) is 0.303. The van der Waals surface area contributed by atoms with Crippen molar-refractivity contribution in [2.45, 2.75) is 38.6 Å². The number of nitrogens with one attached hydrogen (secondary N) is 1. The lowest BCUT2D eigenvalue weighted by Gasteiger charge is -2.31. The number of allylic oxidation sites excluding steroid dienone is 3. The third kappa shape index (κ3) is 5.89. The van der Waals surface area contributed by atoms with Crippen LogP contribution >= 0.6 is 23.2 Å². The summed E-state index contributed by atoms with van der Waals surface area (Å²) in [5.74, 6) is -2.91. The summed E-state index contributed by atoms with van der Waals surface area (Å²) in [5, 5.41) is 0.376. The van der Waals surface area contributed by atoms with Gasteiger partial charge in [-0.05, 0) is 24.6 Å². The molecular weight excluding hydrogens is 507 g/mol. The second-order valence-electron chi connectivity index (χ2n) is 7.34. The lowest BCUT2D eigenvalue weighted by atomic mass is 10.0. The van der Waals surface area contributed by atoms with Crippen molar-refractivity contribution < 1.29 is 41.0 Å². The molecule has 1 fully saturated rings. The Balaban J connectivity index is 1.96. The highest BCUT2D eigenvalue weighted by Gasteiger charge is 2.48. The maximum Gasteiger partial charge on any atom is 0.387 e. The number of hydroxylamine groups is 1. The van der Waals surface area contributed by atoms with E-state index < -0.39 is 28.0 Å². The number of hydrogen-bond acceptors (Lipinski definition) is 8. The van der Waals surface area contributed by atoms with Gasteiger partial charge in [-0.1, -0.05) is 23.2 Å². The first-order valence-corrected chi connectivity index (χ1v) is 12.3. The Kier molecular flexibility index (Phi) is 7.77. The highest BCUT2D eigenvalue weighted by molar-refractivity contribution is 7.91. The second kappa shape index (κ2) is 10.0. The zero-order valence-corrected chi connectivity index (χ0v) is 20.0. The Bertz CT molecular complexity index is 1090. The molecule has 1 N–H and O–H groups in total. The number of carbonyl (C=O) groups excluding carboxylic acids is 1. The van der Waals surface area contributed by atoms with Crippen molar-refractivity contribution in [2.75, 3.05) is 18.6 Å². The summed E-state index contributed by atoms with van der Waals surface area (Å²) >= 11 is 12.3. The van der Waals surface area contributed by atoms with Gasteiger partial charge in [-0.25, -0.2) is 8.42 Å². The molecule has 0 amide bonds. The Labute approximate surface area is 199 Å². The van der Waals surface area contributed by atoms with Gasteiger partial charge >= 0.3 is 6.61 Å². The Hall–Kier alpha value is -2.08. The number of benzene rings is 1. The van der Waals surface area contributed by atoms with Gasteiger partial charge in [0.2, 0.25) is 5.75 Å². The Morgan fingerprint density at radius 3 is 2.45 bits per heavy atom. The van der Waals surface area contributed by atoms with E-state index in [0.717, 1.165) is 0 Å². The van der Waals surface area contributed by atoms with Gasteiger partial charge in [0.05, 0.1) is 29.2 Å². The molecule has 182 valence electrons. The summed E-state index contributed by atoms with van der Waals surface area (Å²) < 4.78 is 65.7. The van der Waals surface area contributed by atoms with Crippen molar-refractivity contribution in [3.05, 3.63) is 39.5 Å². The molecule has 0 bridgehead atoms. The predicted octanol–water partition coefficient (Wildman–Crippen LogP) is 4.28. The summed E-state index contributed by atoms with van der Waals surface area (Å²) in [7, 11) is -1.89. The maximum atomic E-state index is 13.2. The standard InChI is InChI=1S/C20H21Cl2F2NO7S/c1-11(21)13(14(22)10-25-29-2)9-15(26)12-3-4-16(30-19(23)24)18-17(12)31-20(32-18)5-7-33(27,28)8-6-20/h3-4,10,19,25H,5-9H2,1-2H3/b13-11+,14-10+. The van der Waals surface area contributed by atoms with Gasteiger partial charge in [0.1, 0.15) is 0 Å². The average molecular weight is 528 g/mol. The first-order chi connectivity index (χ1) is 15.5. The number of halogens is 4. The zero-order chi connectivity index (χ0) is 24.4. The van der Waals surface area contributed by atoms with Gasteiger partial charge in [0.15, 0.2) is 27.1 Å². The van der Waals surface area contributed by atoms with E-state index in [0.29, 0.717) is 5.57 Å². The van der Waals surface area contributed by atoms with E-state index in [9.17, 15) is 22.0 Å². The number of alkyl halides is 2. The first kappa shape index (κ1) is 25.5. The normalized spacial score (nSPS) is 19.4. The van der Waals surface area contributed by atoms with Crippen LogP contribution in [-0.2, 0) is 14.7 Å². The molecule has 0 aromatic heterocycles. The van der Waals surface area contributed by atoms with E-state index in [2.05, 4.69) is 10.2 Å². The van der Waals surface area contributed by atoms with Crippen molar-refractivity contribution in [2.24, 2.45) is 0 Å².